The topological polar surface area (TPSA) is 129 Å². The number of carbonyl (C=O) groups is 1. The number of amides is 1. The second kappa shape index (κ2) is 11.2. The molecule has 8 nitrogen and oxygen atoms in total. The Bertz CT molecular complexity index is 1770. The van der Waals surface area contributed by atoms with Gasteiger partial charge in [0.1, 0.15) is 17.2 Å². The zero-order valence-corrected chi connectivity index (χ0v) is 22.9. The minimum Gasteiger partial charge on any atom is -0.455 e. The Morgan fingerprint density at radius 3 is 2.36 bits per heavy atom. The molecule has 0 unspecified atom stereocenters. The van der Waals surface area contributed by atoms with Crippen LogP contribution in [0.5, 0.6) is 0 Å². The van der Waals surface area contributed by atoms with E-state index in [4.69, 9.17) is 4.42 Å². The summed E-state index contributed by atoms with van der Waals surface area (Å²) >= 11 is 0. The van der Waals surface area contributed by atoms with Crippen molar-refractivity contribution in [2.75, 3.05) is 7.05 Å². The van der Waals surface area contributed by atoms with E-state index in [0.717, 1.165) is 18.9 Å². The predicted octanol–water partition coefficient (Wildman–Crippen LogP) is 3.79. The number of hydrogen-bond donors (Lipinski definition) is 4. The summed E-state index contributed by atoms with van der Waals surface area (Å²) in [6, 6.07) is 11.4. The van der Waals surface area contributed by atoms with Crippen LogP contribution < -0.4 is 15.5 Å². The van der Waals surface area contributed by atoms with E-state index in [-0.39, 0.29) is 28.4 Å². The standard InChI is InChI=1S/C28H25BF4N2O6S/c1-34-27(36)25-21-12-20(16-3-4-16)18(11-24(21)41-26(25)17-5-7-19(30)8-6-17)14-42(39,40)35-13-15-2-9-23(29(37)38)22(10-15)28(31,32)33/h2,5-12,16,35,37-38H,3-4,13-14H2,1H3,(H,34,36). The Labute approximate surface area is 238 Å². The van der Waals surface area contributed by atoms with Crippen LogP contribution in [-0.2, 0) is 28.5 Å². The van der Waals surface area contributed by atoms with Crippen molar-refractivity contribution in [3.8, 4) is 11.3 Å². The summed E-state index contributed by atoms with van der Waals surface area (Å²) in [4.78, 5) is 12.9. The number of sulfonamides is 1. The van der Waals surface area contributed by atoms with Crippen LogP contribution in [0.25, 0.3) is 22.3 Å². The molecule has 1 aromatic heterocycles. The molecule has 0 bridgehead atoms. The lowest BCUT2D eigenvalue weighted by atomic mass is 9.76. The molecule has 1 fully saturated rings. The number of hydrogen-bond acceptors (Lipinski definition) is 6. The molecule has 0 aliphatic heterocycles. The number of fused-ring (bicyclic) bond motifs is 1. The van der Waals surface area contributed by atoms with Gasteiger partial charge in [-0.1, -0.05) is 12.1 Å². The zero-order valence-electron chi connectivity index (χ0n) is 22.1. The van der Waals surface area contributed by atoms with Crippen LogP contribution in [0.3, 0.4) is 0 Å². The molecule has 42 heavy (non-hydrogen) atoms. The van der Waals surface area contributed by atoms with Gasteiger partial charge in [0, 0.05) is 24.5 Å². The van der Waals surface area contributed by atoms with Crippen molar-refractivity contribution >= 4 is 39.5 Å². The van der Waals surface area contributed by atoms with Crippen molar-refractivity contribution in [1.82, 2.24) is 10.0 Å². The van der Waals surface area contributed by atoms with Crippen molar-refractivity contribution in [2.45, 2.75) is 37.2 Å². The molecule has 220 valence electrons. The van der Waals surface area contributed by atoms with Crippen molar-refractivity contribution < 1.29 is 45.2 Å². The van der Waals surface area contributed by atoms with Crippen LogP contribution in [0.2, 0.25) is 0 Å². The summed E-state index contributed by atoms with van der Waals surface area (Å²) in [5.74, 6) is -1.15. The minimum atomic E-state index is -4.88. The Morgan fingerprint density at radius 2 is 1.76 bits per heavy atom. The number of halogens is 4. The van der Waals surface area contributed by atoms with Gasteiger partial charge >= 0.3 is 13.3 Å². The smallest absolute Gasteiger partial charge is 0.455 e. The van der Waals surface area contributed by atoms with Gasteiger partial charge in [-0.25, -0.2) is 17.5 Å². The van der Waals surface area contributed by atoms with E-state index < -0.39 is 58.4 Å². The second-order valence-electron chi connectivity index (χ2n) is 10.1. The fraction of sp³-hybridized carbons (Fsp3) is 0.250. The fourth-order valence-electron chi connectivity index (χ4n) is 4.89. The van der Waals surface area contributed by atoms with Gasteiger partial charge in [-0.05, 0) is 83.4 Å². The van der Waals surface area contributed by atoms with Crippen molar-refractivity contribution in [2.24, 2.45) is 0 Å². The summed E-state index contributed by atoms with van der Waals surface area (Å²) in [6.07, 6.45) is -3.26. The SMILES string of the molecule is CNC(=O)c1c(-c2ccc(F)cc2)oc2cc(CS(=O)(=O)NCc3ccc(B(O)O)c(C(F)(F)F)c3)c(C3CC3)cc12. The molecular formula is C28H25BF4N2O6S. The number of nitrogens with one attached hydrogen (secondary N) is 2. The third-order valence-electron chi connectivity index (χ3n) is 7.07. The highest BCUT2D eigenvalue weighted by Gasteiger charge is 2.36. The van der Waals surface area contributed by atoms with Crippen LogP contribution in [0.15, 0.2) is 59.0 Å². The zero-order chi connectivity index (χ0) is 30.4. The Balaban J connectivity index is 1.48. The lowest BCUT2D eigenvalue weighted by Crippen LogP contribution is -2.36. The first-order chi connectivity index (χ1) is 19.8. The molecule has 4 aromatic rings. The van der Waals surface area contributed by atoms with Crippen LogP contribution in [0.1, 0.15) is 51.4 Å². The van der Waals surface area contributed by atoms with Crippen molar-refractivity contribution in [1.29, 1.82) is 0 Å². The molecule has 1 amide bonds. The van der Waals surface area contributed by atoms with Gasteiger partial charge in [0.2, 0.25) is 10.0 Å². The quantitative estimate of drug-likeness (QED) is 0.170. The highest BCUT2D eigenvalue weighted by molar-refractivity contribution is 7.88. The van der Waals surface area contributed by atoms with E-state index in [1.165, 1.54) is 37.4 Å². The van der Waals surface area contributed by atoms with Crippen molar-refractivity contribution in [3.05, 3.63) is 88.2 Å². The summed E-state index contributed by atoms with van der Waals surface area (Å²) in [7, 11) is -4.97. The minimum absolute atomic E-state index is 0.0293. The number of carbonyl (C=O) groups excluding carboxylic acids is 1. The van der Waals surface area contributed by atoms with E-state index in [9.17, 15) is 40.8 Å². The average Bonchev–Trinajstić information content (AvgIpc) is 3.71. The van der Waals surface area contributed by atoms with Crippen LogP contribution in [0.4, 0.5) is 17.6 Å². The molecule has 0 radical (unpaired) electrons. The average molecular weight is 604 g/mol. The summed E-state index contributed by atoms with van der Waals surface area (Å²) in [5, 5.41) is 21.6. The van der Waals surface area contributed by atoms with Gasteiger partial charge in [0.15, 0.2) is 0 Å². The highest BCUT2D eigenvalue weighted by Crippen LogP contribution is 2.45. The van der Waals surface area contributed by atoms with Crippen LogP contribution >= 0.6 is 0 Å². The predicted molar refractivity (Wildman–Crippen MR) is 148 cm³/mol. The third-order valence-corrected chi connectivity index (χ3v) is 8.35. The Hall–Kier alpha value is -3.72. The van der Waals surface area contributed by atoms with Crippen LogP contribution in [-0.4, -0.2) is 38.5 Å². The molecule has 14 heteroatoms. The maximum absolute atomic E-state index is 13.5. The molecule has 1 aliphatic carbocycles. The molecule has 5 rings (SSSR count). The number of furan rings is 1. The molecule has 1 heterocycles. The molecule has 1 saturated carbocycles. The lowest BCUT2D eigenvalue weighted by molar-refractivity contribution is -0.136. The number of alkyl halides is 3. The summed E-state index contributed by atoms with van der Waals surface area (Å²) in [6.45, 7) is -0.468. The van der Waals surface area contributed by atoms with Gasteiger partial charge in [-0.2, -0.15) is 13.2 Å². The van der Waals surface area contributed by atoms with E-state index in [0.29, 0.717) is 28.1 Å². The molecular weight excluding hydrogens is 579 g/mol. The van der Waals surface area contributed by atoms with E-state index in [1.54, 1.807) is 12.1 Å². The molecule has 0 atom stereocenters. The second-order valence-corrected chi connectivity index (χ2v) is 11.9. The maximum atomic E-state index is 13.5. The largest absolute Gasteiger partial charge is 0.489 e. The first kappa shape index (κ1) is 29.8. The van der Waals surface area contributed by atoms with Gasteiger partial charge in [0.25, 0.3) is 5.91 Å². The first-order valence-electron chi connectivity index (χ1n) is 12.9. The van der Waals surface area contributed by atoms with Crippen LogP contribution in [0, 0.1) is 5.82 Å². The van der Waals surface area contributed by atoms with E-state index >= 15 is 0 Å². The Kier molecular flexibility index (Phi) is 7.92. The van der Waals surface area contributed by atoms with Gasteiger partial charge in [-0.3, -0.25) is 4.79 Å². The maximum Gasteiger partial charge on any atom is 0.489 e. The highest BCUT2D eigenvalue weighted by atomic mass is 32.2. The van der Waals surface area contributed by atoms with Gasteiger partial charge in [-0.15, -0.1) is 0 Å². The number of rotatable bonds is 9. The molecule has 3 aromatic carbocycles. The summed E-state index contributed by atoms with van der Waals surface area (Å²) in [5.41, 5.74) is -0.00376. The number of benzene rings is 3. The first-order valence-corrected chi connectivity index (χ1v) is 14.5. The Morgan fingerprint density at radius 1 is 1.07 bits per heavy atom. The molecule has 0 spiro atoms. The lowest BCUT2D eigenvalue weighted by Gasteiger charge is -2.15. The van der Waals surface area contributed by atoms with Crippen molar-refractivity contribution in [3.63, 3.8) is 0 Å². The van der Waals surface area contributed by atoms with E-state index in [1.807, 2.05) is 0 Å². The fourth-order valence-corrected chi connectivity index (χ4v) is 6.04. The molecule has 4 N–H and O–H groups in total. The molecule has 0 saturated heterocycles. The monoisotopic (exact) mass is 604 g/mol. The van der Waals surface area contributed by atoms with Gasteiger partial charge < -0.3 is 19.8 Å². The normalized spacial score (nSPS) is 13.9. The molecule has 1 aliphatic rings. The third kappa shape index (κ3) is 6.21. The summed E-state index contributed by atoms with van der Waals surface area (Å²) < 4.78 is 88.3. The van der Waals surface area contributed by atoms with E-state index in [2.05, 4.69) is 10.0 Å². The van der Waals surface area contributed by atoms with Gasteiger partial charge in [0.05, 0.1) is 16.9 Å².